The zero-order valence-electron chi connectivity index (χ0n) is 5.82. The van der Waals surface area contributed by atoms with E-state index < -0.39 is 20.2 Å². The Morgan fingerprint density at radius 2 is 2.08 bits per heavy atom. The molecule has 0 bridgehead atoms. The molecule has 0 unspecified atom stereocenters. The Bertz CT molecular complexity index is 412. The fourth-order valence-corrected chi connectivity index (χ4v) is 2.77. The van der Waals surface area contributed by atoms with E-state index in [0.717, 1.165) is 0 Å². The Balaban J connectivity index is 3.45. The molecule has 0 aliphatic rings. The number of hydrogen-bond acceptors (Lipinski definition) is 3. The van der Waals surface area contributed by atoms with E-state index in [2.05, 4.69) is 0 Å². The number of rotatable bonds is 1. The Kier molecular flexibility index (Phi) is 3.08. The summed E-state index contributed by atoms with van der Waals surface area (Å²) in [5.41, 5.74) is 0.204. The minimum atomic E-state index is -3.80. The van der Waals surface area contributed by atoms with Crippen molar-refractivity contribution in [1.82, 2.24) is 0 Å². The van der Waals surface area contributed by atoms with E-state index in [0.29, 0.717) is 0 Å². The van der Waals surface area contributed by atoms with Gasteiger partial charge in [0, 0.05) is 0 Å². The molecule has 1 aromatic carbocycles. The van der Waals surface area contributed by atoms with Gasteiger partial charge in [-0.2, -0.15) is 0 Å². The van der Waals surface area contributed by atoms with E-state index in [1.54, 1.807) is 0 Å². The molecule has 0 amide bonds. The molecule has 0 aliphatic heterocycles. The van der Waals surface area contributed by atoms with Gasteiger partial charge in [0.15, 0.2) is 0 Å². The van der Waals surface area contributed by atoms with E-state index in [-0.39, 0.29) is 14.1 Å². The van der Waals surface area contributed by atoms with Crippen molar-refractivity contribution in [2.24, 2.45) is 0 Å². The Labute approximate surface area is 81.3 Å². The summed E-state index contributed by atoms with van der Waals surface area (Å²) in [6.45, 7) is 0. The summed E-state index contributed by atoms with van der Waals surface area (Å²) in [7, 11) is 0. The maximum atomic E-state index is 10.7. The van der Waals surface area contributed by atoms with Crippen molar-refractivity contribution in [3.8, 4) is 6.07 Å². The zero-order chi connectivity index (χ0) is 9.14. The molecule has 0 atom stereocenters. The van der Waals surface area contributed by atoms with Crippen LogP contribution < -0.4 is 3.51 Å². The maximum absolute atomic E-state index is 10.7. The molecule has 0 saturated carbocycles. The van der Waals surface area contributed by atoms with Gasteiger partial charge in [0.05, 0.1) is 0 Å². The van der Waals surface area contributed by atoms with Gasteiger partial charge in [-0.05, 0) is 0 Å². The van der Waals surface area contributed by atoms with Crippen LogP contribution in [0.1, 0.15) is 5.56 Å². The molecule has 0 spiro atoms. The normalized spacial score (nSPS) is 9.00. The minimum absolute atomic E-state index is 0.0491. The van der Waals surface area contributed by atoms with Crippen LogP contribution in [0.4, 0.5) is 0 Å². The molecule has 3 nitrogen and oxygen atoms in total. The second-order valence-electron chi connectivity index (χ2n) is 2.01. The van der Waals surface area contributed by atoms with Gasteiger partial charge in [-0.15, -0.1) is 0 Å². The van der Waals surface area contributed by atoms with Crippen LogP contribution in [0.15, 0.2) is 18.2 Å². The molecule has 12 heavy (non-hydrogen) atoms. The third-order valence-corrected chi connectivity index (χ3v) is 4.28. The van der Waals surface area contributed by atoms with E-state index in [1.165, 1.54) is 18.2 Å². The number of nitriles is 1. The first-order chi connectivity index (χ1) is 5.66. The van der Waals surface area contributed by atoms with E-state index >= 15 is 0 Å². The second kappa shape index (κ2) is 3.89. The van der Waals surface area contributed by atoms with Gasteiger partial charge < -0.3 is 0 Å². The van der Waals surface area contributed by atoms with Crippen LogP contribution >= 0.6 is 11.6 Å². The molecular formula is C7H3ClNO2Sb. The second-order valence-corrected chi connectivity index (χ2v) is 5.23. The van der Waals surface area contributed by atoms with Gasteiger partial charge in [-0.25, -0.2) is 0 Å². The predicted molar refractivity (Wildman–Crippen MR) is 42.9 cm³/mol. The monoisotopic (exact) mass is 289 g/mol. The predicted octanol–water partition coefficient (Wildman–Crippen LogP) is 0.768. The third-order valence-electron chi connectivity index (χ3n) is 1.30. The van der Waals surface area contributed by atoms with Gasteiger partial charge in [0.2, 0.25) is 0 Å². The summed E-state index contributed by atoms with van der Waals surface area (Å²) in [6, 6.07) is 6.21. The molecule has 60 valence electrons. The van der Waals surface area contributed by atoms with Crippen molar-refractivity contribution in [2.45, 2.75) is 0 Å². The summed E-state index contributed by atoms with van der Waals surface area (Å²) >= 11 is 1.83. The van der Waals surface area contributed by atoms with Gasteiger partial charge in [-0.1, -0.05) is 0 Å². The molecule has 0 N–H and O–H groups in total. The Morgan fingerprint density at radius 3 is 2.58 bits per heavy atom. The molecule has 0 aromatic heterocycles. The quantitative estimate of drug-likeness (QED) is 0.718. The van der Waals surface area contributed by atoms with Crippen LogP contribution in [0.25, 0.3) is 0 Å². The fourth-order valence-electron chi connectivity index (χ4n) is 0.747. The summed E-state index contributed by atoms with van der Waals surface area (Å²) in [4.78, 5) is 0. The molecule has 5 heteroatoms. The van der Waals surface area contributed by atoms with Gasteiger partial charge in [-0.3, -0.25) is 0 Å². The van der Waals surface area contributed by atoms with Crippen molar-refractivity contribution in [3.05, 3.63) is 28.8 Å². The van der Waals surface area contributed by atoms with Gasteiger partial charge in [0.25, 0.3) is 0 Å². The summed E-state index contributed by atoms with van der Waals surface area (Å²) < 4.78 is 21.4. The first-order valence-corrected chi connectivity index (χ1v) is 6.73. The van der Waals surface area contributed by atoms with Crippen LogP contribution in [0.2, 0.25) is 5.02 Å². The van der Waals surface area contributed by atoms with Gasteiger partial charge >= 0.3 is 81.5 Å². The Hall–Kier alpha value is -0.582. The molecule has 0 radical (unpaired) electrons. The van der Waals surface area contributed by atoms with E-state index in [1.807, 2.05) is 6.07 Å². The fraction of sp³-hybridized carbons (Fsp3) is 0. The summed E-state index contributed by atoms with van der Waals surface area (Å²) in [5.74, 6) is 0. The van der Waals surface area contributed by atoms with Crippen LogP contribution in [0.3, 0.4) is 0 Å². The van der Waals surface area contributed by atoms with E-state index in [9.17, 15) is 6.03 Å². The molecular weight excluding hydrogens is 287 g/mol. The molecule has 1 rings (SSSR count). The van der Waals surface area contributed by atoms with Crippen LogP contribution in [0.5, 0.6) is 0 Å². The van der Waals surface area contributed by atoms with Crippen molar-refractivity contribution >= 4 is 35.3 Å². The van der Waals surface area contributed by atoms with Gasteiger partial charge in [0.1, 0.15) is 0 Å². The Morgan fingerprint density at radius 1 is 1.42 bits per heavy atom. The standard InChI is InChI=1S/C7H3ClN.2O.Sb/c8-7-4-2-1-3-6(7)5-9;;;/h1-3H;;;. The first-order valence-electron chi connectivity index (χ1n) is 3.00. The van der Waals surface area contributed by atoms with Crippen LogP contribution in [-0.4, -0.2) is 20.2 Å². The number of benzene rings is 1. The molecule has 0 heterocycles. The molecule has 0 fully saturated rings. The zero-order valence-corrected chi connectivity index (χ0v) is 9.13. The van der Waals surface area contributed by atoms with Crippen LogP contribution in [0, 0.1) is 11.3 Å². The summed E-state index contributed by atoms with van der Waals surface area (Å²) in [6.07, 6.45) is 0. The molecule has 0 aliphatic carbocycles. The SMILES string of the molecule is N#Cc1ccc[c]([Sb](=[O])=[O])c1Cl. The van der Waals surface area contributed by atoms with Crippen LogP contribution in [-0.2, 0) is 6.03 Å². The number of hydrogen-bond donors (Lipinski definition) is 0. The summed E-state index contributed by atoms with van der Waals surface area (Å²) in [5, 5.41) is 8.56. The topological polar surface area (TPSA) is 57.9 Å². The number of halogens is 1. The molecule has 0 saturated heterocycles. The van der Waals surface area contributed by atoms with E-state index in [4.69, 9.17) is 16.9 Å². The average molecular weight is 290 g/mol. The number of nitrogens with zero attached hydrogens (tertiary/aromatic N) is 1. The molecule has 1 aromatic rings. The third kappa shape index (κ3) is 1.77. The van der Waals surface area contributed by atoms with Crippen molar-refractivity contribution in [1.29, 1.82) is 5.26 Å². The average Bonchev–Trinajstić information content (AvgIpc) is 2.04. The first kappa shape index (κ1) is 9.51. The van der Waals surface area contributed by atoms with Crippen molar-refractivity contribution in [3.63, 3.8) is 0 Å². The van der Waals surface area contributed by atoms with Crippen molar-refractivity contribution in [2.75, 3.05) is 0 Å². The van der Waals surface area contributed by atoms with Crippen molar-refractivity contribution < 1.29 is 6.03 Å².